The molecule has 0 amide bonds. The van der Waals surface area contributed by atoms with Crippen molar-refractivity contribution in [2.75, 3.05) is 23.9 Å². The lowest BCUT2D eigenvalue weighted by Gasteiger charge is -2.10. The molecule has 1 N–H and O–H groups in total. The summed E-state index contributed by atoms with van der Waals surface area (Å²) in [6, 6.07) is 3.69. The molecule has 0 fully saturated rings. The van der Waals surface area contributed by atoms with Crippen molar-refractivity contribution in [3.8, 4) is 0 Å². The number of hydrogen-bond donors (Lipinski definition) is 1. The van der Waals surface area contributed by atoms with Gasteiger partial charge in [-0.25, -0.2) is 0 Å². The molecule has 0 heterocycles. The van der Waals surface area contributed by atoms with Crippen LogP contribution in [0.25, 0.3) is 0 Å². The van der Waals surface area contributed by atoms with Crippen molar-refractivity contribution < 1.29 is 0 Å². The summed E-state index contributed by atoms with van der Waals surface area (Å²) in [6.07, 6.45) is 4.46. The first-order chi connectivity index (χ1) is 7.65. The number of thioether (sulfide) groups is 1. The molecule has 0 saturated carbocycles. The molecule has 5 heteroatoms. The minimum absolute atomic E-state index is 0.657. The average Bonchev–Trinajstić information content (AvgIpc) is 2.20. The summed E-state index contributed by atoms with van der Waals surface area (Å²) in [7, 11) is 0. The van der Waals surface area contributed by atoms with Gasteiger partial charge in [0.2, 0.25) is 0 Å². The topological polar surface area (TPSA) is 12.0 Å². The van der Waals surface area contributed by atoms with Crippen molar-refractivity contribution in [3.05, 3.63) is 26.7 Å². The fourth-order valence-electron chi connectivity index (χ4n) is 1.30. The zero-order valence-electron chi connectivity index (χ0n) is 9.03. The van der Waals surface area contributed by atoms with Crippen LogP contribution >= 0.6 is 50.9 Å². The summed E-state index contributed by atoms with van der Waals surface area (Å²) in [6.45, 7) is 0.904. The van der Waals surface area contributed by atoms with Crippen LogP contribution in [0, 0.1) is 0 Å². The minimum Gasteiger partial charge on any atom is -0.383 e. The normalized spacial score (nSPS) is 10.5. The highest BCUT2D eigenvalue weighted by Gasteiger charge is 2.06. The summed E-state index contributed by atoms with van der Waals surface area (Å²) >= 11 is 17.4. The predicted octanol–water partition coefficient (Wildman–Crippen LogP) is 5.31. The van der Waals surface area contributed by atoms with E-state index in [1.165, 1.54) is 12.2 Å². The van der Waals surface area contributed by atoms with Gasteiger partial charge in [-0.1, -0.05) is 39.1 Å². The Bertz CT molecular complexity index is 324. The largest absolute Gasteiger partial charge is 0.383 e. The molecule has 0 unspecified atom stereocenters. The average molecular weight is 343 g/mol. The van der Waals surface area contributed by atoms with Crippen molar-refractivity contribution in [2.45, 2.75) is 12.8 Å². The molecule has 0 aliphatic rings. The van der Waals surface area contributed by atoms with Gasteiger partial charge in [-0.05, 0) is 37.0 Å². The lowest BCUT2D eigenvalue weighted by atomic mass is 10.3. The van der Waals surface area contributed by atoms with Crippen molar-refractivity contribution in [1.29, 1.82) is 0 Å². The first-order valence-corrected chi connectivity index (χ1v) is 7.96. The summed E-state index contributed by atoms with van der Waals surface area (Å²) < 4.78 is 0.899. The highest BCUT2D eigenvalue weighted by atomic mass is 79.9. The monoisotopic (exact) mass is 341 g/mol. The van der Waals surface area contributed by atoms with E-state index in [1.807, 2.05) is 23.9 Å². The van der Waals surface area contributed by atoms with Gasteiger partial charge in [0.15, 0.2) is 0 Å². The van der Waals surface area contributed by atoms with Gasteiger partial charge in [-0.15, -0.1) is 0 Å². The number of nitrogens with one attached hydrogen (secondary N) is 1. The van der Waals surface area contributed by atoms with Crippen LogP contribution < -0.4 is 5.32 Å². The van der Waals surface area contributed by atoms with Crippen LogP contribution in [0.2, 0.25) is 10.0 Å². The summed E-state index contributed by atoms with van der Waals surface area (Å²) in [5.41, 5.74) is 0.829. The van der Waals surface area contributed by atoms with E-state index in [1.54, 1.807) is 0 Å². The highest BCUT2D eigenvalue weighted by molar-refractivity contribution is 9.10. The van der Waals surface area contributed by atoms with Gasteiger partial charge >= 0.3 is 0 Å². The second-order valence-corrected chi connectivity index (χ2v) is 6.09. The highest BCUT2D eigenvalue weighted by Crippen LogP contribution is 2.33. The smallest absolute Gasteiger partial charge is 0.0719 e. The Balaban J connectivity index is 2.47. The van der Waals surface area contributed by atoms with Crippen LogP contribution in [-0.2, 0) is 0 Å². The van der Waals surface area contributed by atoms with Crippen LogP contribution in [0.3, 0.4) is 0 Å². The fraction of sp³-hybridized carbons (Fsp3) is 0.455. The lowest BCUT2D eigenvalue weighted by molar-refractivity contribution is 0.843. The molecule has 16 heavy (non-hydrogen) atoms. The van der Waals surface area contributed by atoms with Gasteiger partial charge in [0.1, 0.15) is 0 Å². The second kappa shape index (κ2) is 7.70. The zero-order valence-corrected chi connectivity index (χ0v) is 12.9. The lowest BCUT2D eigenvalue weighted by Crippen LogP contribution is -2.03. The quantitative estimate of drug-likeness (QED) is 0.703. The van der Waals surface area contributed by atoms with Crippen LogP contribution in [-0.4, -0.2) is 18.6 Å². The molecular formula is C11H14BrCl2NS. The van der Waals surface area contributed by atoms with Gasteiger partial charge in [0, 0.05) is 11.0 Å². The van der Waals surface area contributed by atoms with Crippen molar-refractivity contribution in [1.82, 2.24) is 0 Å². The SMILES string of the molecule is CSCCCCNc1c(Cl)cc(Br)cc1Cl. The van der Waals surface area contributed by atoms with Crippen LogP contribution in [0.15, 0.2) is 16.6 Å². The van der Waals surface area contributed by atoms with E-state index in [0.29, 0.717) is 10.0 Å². The standard InChI is InChI=1S/C11H14BrCl2NS/c1-16-5-3-2-4-15-11-9(13)6-8(12)7-10(11)14/h6-7,15H,2-5H2,1H3. The maximum Gasteiger partial charge on any atom is 0.0719 e. The molecule has 0 aromatic heterocycles. The maximum atomic E-state index is 6.09. The van der Waals surface area contributed by atoms with Crippen molar-refractivity contribution in [3.63, 3.8) is 0 Å². The van der Waals surface area contributed by atoms with Gasteiger partial charge in [-0.3, -0.25) is 0 Å². The number of unbranched alkanes of at least 4 members (excludes halogenated alkanes) is 1. The van der Waals surface area contributed by atoms with Gasteiger partial charge in [-0.2, -0.15) is 11.8 Å². The van der Waals surface area contributed by atoms with Gasteiger partial charge in [0.25, 0.3) is 0 Å². The molecular weight excluding hydrogens is 329 g/mol. The number of halogens is 3. The van der Waals surface area contributed by atoms with E-state index in [4.69, 9.17) is 23.2 Å². The Hall–Kier alpha value is 0.430. The molecule has 1 nitrogen and oxygen atoms in total. The van der Waals surface area contributed by atoms with Crippen LogP contribution in [0.4, 0.5) is 5.69 Å². The second-order valence-electron chi connectivity index (χ2n) is 3.37. The van der Waals surface area contributed by atoms with E-state index in [-0.39, 0.29) is 0 Å². The third kappa shape index (κ3) is 4.74. The number of anilines is 1. The summed E-state index contributed by atoms with van der Waals surface area (Å²) in [4.78, 5) is 0. The molecule has 0 atom stereocenters. The first-order valence-electron chi connectivity index (χ1n) is 5.02. The molecule has 0 aliphatic heterocycles. The zero-order chi connectivity index (χ0) is 12.0. The Morgan fingerprint density at radius 1 is 1.25 bits per heavy atom. The van der Waals surface area contributed by atoms with Crippen LogP contribution in [0.1, 0.15) is 12.8 Å². The Morgan fingerprint density at radius 3 is 2.44 bits per heavy atom. The minimum atomic E-state index is 0.657. The van der Waals surface area contributed by atoms with Crippen molar-refractivity contribution in [2.24, 2.45) is 0 Å². The van der Waals surface area contributed by atoms with E-state index >= 15 is 0 Å². The molecule has 90 valence electrons. The first kappa shape index (κ1) is 14.5. The third-order valence-corrected chi connectivity index (χ3v) is 3.83. The molecule has 1 aromatic carbocycles. The van der Waals surface area contributed by atoms with Crippen LogP contribution in [0.5, 0.6) is 0 Å². The predicted molar refractivity (Wildman–Crippen MR) is 80.3 cm³/mol. The van der Waals surface area contributed by atoms with Crippen molar-refractivity contribution >= 4 is 56.6 Å². The fourth-order valence-corrected chi connectivity index (χ4v) is 3.13. The van der Waals surface area contributed by atoms with Gasteiger partial charge < -0.3 is 5.32 Å². The maximum absolute atomic E-state index is 6.09. The number of rotatable bonds is 6. The molecule has 1 aromatic rings. The molecule has 0 radical (unpaired) electrons. The molecule has 1 rings (SSSR count). The van der Waals surface area contributed by atoms with E-state index < -0.39 is 0 Å². The Morgan fingerprint density at radius 2 is 1.88 bits per heavy atom. The molecule has 0 spiro atoms. The van der Waals surface area contributed by atoms with E-state index in [9.17, 15) is 0 Å². The molecule has 0 bridgehead atoms. The molecule has 0 saturated heterocycles. The van der Waals surface area contributed by atoms with E-state index in [0.717, 1.165) is 23.1 Å². The van der Waals surface area contributed by atoms with E-state index in [2.05, 4.69) is 27.5 Å². The van der Waals surface area contributed by atoms with Gasteiger partial charge in [0.05, 0.1) is 15.7 Å². The third-order valence-electron chi connectivity index (χ3n) is 2.08. The Labute approximate surface area is 119 Å². The Kier molecular flexibility index (Phi) is 6.97. The number of benzene rings is 1. The molecule has 0 aliphatic carbocycles. The summed E-state index contributed by atoms with van der Waals surface area (Å²) in [5, 5.41) is 4.59. The number of hydrogen-bond acceptors (Lipinski definition) is 2. The summed E-state index contributed by atoms with van der Waals surface area (Å²) in [5.74, 6) is 1.20.